The van der Waals surface area contributed by atoms with Crippen LogP contribution in [0, 0.1) is 36.0 Å². The minimum atomic E-state index is -0.672. The molecule has 0 aliphatic heterocycles. The lowest BCUT2D eigenvalue weighted by Gasteiger charge is -2.51. The van der Waals surface area contributed by atoms with E-state index < -0.39 is 11.3 Å². The molecule has 132 valence electrons. The van der Waals surface area contributed by atoms with E-state index in [9.17, 15) is 14.9 Å². The van der Waals surface area contributed by atoms with Crippen molar-refractivity contribution < 1.29 is 4.79 Å². The fourth-order valence-electron chi connectivity index (χ4n) is 5.11. The molecular formula is C21H21N3O2. The molecule has 1 N–H and O–H groups in total. The summed E-state index contributed by atoms with van der Waals surface area (Å²) >= 11 is 0. The van der Waals surface area contributed by atoms with E-state index in [0.29, 0.717) is 24.2 Å². The number of aromatic amines is 1. The molecule has 4 atom stereocenters. The molecular weight excluding hydrogens is 326 g/mol. The highest BCUT2D eigenvalue weighted by Gasteiger charge is 2.56. The van der Waals surface area contributed by atoms with Crippen molar-refractivity contribution in [3.05, 3.63) is 63.3 Å². The fraction of sp³-hybridized carbons (Fsp3) is 0.429. The number of aromatic nitrogens is 2. The molecule has 0 saturated heterocycles. The summed E-state index contributed by atoms with van der Waals surface area (Å²) in [5.41, 5.74) is 1.85. The summed E-state index contributed by atoms with van der Waals surface area (Å²) in [5, 5.41) is 9.63. The maximum atomic E-state index is 12.7. The van der Waals surface area contributed by atoms with Crippen molar-refractivity contribution >= 4 is 5.78 Å². The number of rotatable bonds is 1. The Hall–Kier alpha value is -2.74. The van der Waals surface area contributed by atoms with Gasteiger partial charge in [-0.05, 0) is 37.7 Å². The molecule has 4 rings (SSSR count). The molecule has 1 heterocycles. The number of hydrogen-bond donors (Lipinski definition) is 1. The minimum Gasteiger partial charge on any atom is -0.311 e. The van der Waals surface area contributed by atoms with Gasteiger partial charge in [-0.3, -0.25) is 9.59 Å². The first-order valence-electron chi connectivity index (χ1n) is 9.08. The quantitative estimate of drug-likeness (QED) is 0.859. The van der Waals surface area contributed by atoms with Crippen molar-refractivity contribution in [3.63, 3.8) is 0 Å². The van der Waals surface area contributed by atoms with Crippen molar-refractivity contribution in [1.82, 2.24) is 9.97 Å². The van der Waals surface area contributed by atoms with Crippen LogP contribution in [0.3, 0.4) is 0 Å². The van der Waals surface area contributed by atoms with E-state index >= 15 is 0 Å². The Bertz CT molecular complexity index is 973. The van der Waals surface area contributed by atoms with E-state index in [1.165, 1.54) is 0 Å². The molecule has 5 nitrogen and oxygen atoms in total. The maximum Gasteiger partial charge on any atom is 0.254 e. The van der Waals surface area contributed by atoms with E-state index in [-0.39, 0.29) is 23.2 Å². The van der Waals surface area contributed by atoms with Crippen LogP contribution in [-0.2, 0) is 16.6 Å². The lowest BCUT2D eigenvalue weighted by Crippen LogP contribution is -2.54. The van der Waals surface area contributed by atoms with Crippen LogP contribution in [0.1, 0.15) is 42.4 Å². The molecule has 1 fully saturated rings. The molecule has 1 unspecified atom stereocenters. The third kappa shape index (κ3) is 2.18. The van der Waals surface area contributed by atoms with E-state index in [2.05, 4.69) is 11.1 Å². The zero-order valence-electron chi connectivity index (χ0n) is 15.0. The maximum absolute atomic E-state index is 12.7. The third-order valence-electron chi connectivity index (χ3n) is 6.26. The van der Waals surface area contributed by atoms with Crippen LogP contribution in [-0.4, -0.2) is 15.8 Å². The first-order valence-corrected chi connectivity index (χ1v) is 9.08. The van der Waals surface area contributed by atoms with Crippen molar-refractivity contribution in [3.8, 4) is 6.07 Å². The number of ketones is 1. The van der Waals surface area contributed by atoms with Gasteiger partial charge in [0, 0.05) is 16.9 Å². The van der Waals surface area contributed by atoms with Crippen molar-refractivity contribution in [2.24, 2.45) is 17.8 Å². The first kappa shape index (κ1) is 16.7. The normalized spacial score (nSPS) is 30.2. The molecule has 1 saturated carbocycles. The van der Waals surface area contributed by atoms with Crippen molar-refractivity contribution in [2.75, 3.05) is 0 Å². The molecule has 0 radical (unpaired) electrons. The number of aryl methyl sites for hydroxylation is 1. The molecule has 2 aromatic rings. The molecule has 2 aliphatic carbocycles. The van der Waals surface area contributed by atoms with E-state index in [1.807, 2.05) is 37.3 Å². The number of carbonyl (C=O) groups excluding carboxylic acids is 1. The van der Waals surface area contributed by atoms with Crippen LogP contribution in [0.5, 0.6) is 0 Å². The van der Waals surface area contributed by atoms with Gasteiger partial charge in [0.25, 0.3) is 5.56 Å². The van der Waals surface area contributed by atoms with Gasteiger partial charge in [-0.25, -0.2) is 4.98 Å². The van der Waals surface area contributed by atoms with E-state index in [0.717, 1.165) is 17.7 Å². The molecule has 0 amide bonds. The molecule has 26 heavy (non-hydrogen) atoms. The summed E-state index contributed by atoms with van der Waals surface area (Å²) in [6.45, 7) is 3.71. The smallest absolute Gasteiger partial charge is 0.254 e. The van der Waals surface area contributed by atoms with Crippen LogP contribution in [0.25, 0.3) is 0 Å². The first-order chi connectivity index (χ1) is 12.5. The number of Topliss-reactive ketones (excluding diaryl/α,β-unsaturated/α-hetero) is 1. The van der Waals surface area contributed by atoms with Gasteiger partial charge in [-0.1, -0.05) is 37.3 Å². The van der Waals surface area contributed by atoms with Gasteiger partial charge in [0.2, 0.25) is 0 Å². The molecule has 2 aliphatic rings. The topological polar surface area (TPSA) is 86.6 Å². The highest BCUT2D eigenvalue weighted by Crippen LogP contribution is 2.55. The summed E-state index contributed by atoms with van der Waals surface area (Å²) in [7, 11) is 0. The Labute approximate surface area is 152 Å². The van der Waals surface area contributed by atoms with Crippen LogP contribution in [0.4, 0.5) is 0 Å². The summed E-state index contributed by atoms with van der Waals surface area (Å²) in [6.07, 6.45) is 1.76. The minimum absolute atomic E-state index is 0.0223. The number of nitrogens with zero attached hydrogens (tertiary/aromatic N) is 2. The highest BCUT2D eigenvalue weighted by molar-refractivity contribution is 5.87. The van der Waals surface area contributed by atoms with Gasteiger partial charge >= 0.3 is 0 Å². The number of nitriles is 1. The van der Waals surface area contributed by atoms with Crippen molar-refractivity contribution in [1.29, 1.82) is 5.26 Å². The second-order valence-corrected chi connectivity index (χ2v) is 7.54. The molecule has 0 bridgehead atoms. The van der Waals surface area contributed by atoms with Gasteiger partial charge in [-0.2, -0.15) is 5.26 Å². The predicted octanol–water partition coefficient (Wildman–Crippen LogP) is 2.68. The van der Waals surface area contributed by atoms with E-state index in [1.54, 1.807) is 6.92 Å². The number of carbonyl (C=O) groups is 1. The average Bonchev–Trinajstić information content (AvgIpc) is 2.65. The molecule has 1 aromatic heterocycles. The average molecular weight is 347 g/mol. The Morgan fingerprint density at radius 3 is 2.69 bits per heavy atom. The lowest BCUT2D eigenvalue weighted by atomic mass is 9.51. The number of hydrogen-bond acceptors (Lipinski definition) is 4. The number of H-pyrrole nitrogens is 1. The zero-order chi connectivity index (χ0) is 18.5. The van der Waals surface area contributed by atoms with Crippen molar-refractivity contribution in [2.45, 2.75) is 38.5 Å². The number of nitrogens with one attached hydrogen (secondary N) is 1. The van der Waals surface area contributed by atoms with Crippen LogP contribution in [0.15, 0.2) is 35.1 Å². The Morgan fingerprint density at radius 2 is 2.00 bits per heavy atom. The summed E-state index contributed by atoms with van der Waals surface area (Å²) in [5.74, 6) is -0.267. The van der Waals surface area contributed by atoms with Gasteiger partial charge in [0.15, 0.2) is 5.78 Å². The summed E-state index contributed by atoms with van der Waals surface area (Å²) in [6, 6.07) is 12.2. The summed E-state index contributed by atoms with van der Waals surface area (Å²) < 4.78 is 0. The zero-order valence-corrected chi connectivity index (χ0v) is 15.0. The number of benzene rings is 1. The molecule has 0 spiro atoms. The Balaban J connectivity index is 2.06. The molecule has 1 aromatic carbocycles. The standard InChI is InChI=1S/C21H21N3O2/c1-12-17-9-8-16-19(23-13(2)24-20(16)26)21(17,10-14(11-22)18(12)25)15-6-4-3-5-7-15/h3-7,12,14,17H,8-10H2,1-2H3,(H,23,24,26)/t12-,14?,17-,21-/m0/s1. The Morgan fingerprint density at radius 1 is 1.27 bits per heavy atom. The largest absolute Gasteiger partial charge is 0.311 e. The SMILES string of the molecule is Cc1nc2c(c(=O)[nH]1)CC[C@H]1[C@H](C)C(=O)C(C#N)C[C@@]21c1ccccc1. The van der Waals surface area contributed by atoms with Crippen LogP contribution >= 0.6 is 0 Å². The van der Waals surface area contributed by atoms with Crippen LogP contribution < -0.4 is 5.56 Å². The number of fused-ring (bicyclic) bond motifs is 3. The second kappa shape index (κ2) is 5.91. The summed E-state index contributed by atoms with van der Waals surface area (Å²) in [4.78, 5) is 32.9. The molecule has 5 heteroatoms. The lowest BCUT2D eigenvalue weighted by molar-refractivity contribution is -0.131. The van der Waals surface area contributed by atoms with Gasteiger partial charge in [0.05, 0.1) is 11.8 Å². The monoisotopic (exact) mass is 347 g/mol. The van der Waals surface area contributed by atoms with Gasteiger partial charge in [-0.15, -0.1) is 0 Å². The fourth-order valence-corrected chi connectivity index (χ4v) is 5.11. The second-order valence-electron chi connectivity index (χ2n) is 7.54. The van der Waals surface area contributed by atoms with Gasteiger partial charge in [0.1, 0.15) is 11.7 Å². The van der Waals surface area contributed by atoms with Crippen LogP contribution in [0.2, 0.25) is 0 Å². The third-order valence-corrected chi connectivity index (χ3v) is 6.26. The van der Waals surface area contributed by atoms with Gasteiger partial charge < -0.3 is 4.98 Å². The highest BCUT2D eigenvalue weighted by atomic mass is 16.1. The van der Waals surface area contributed by atoms with E-state index in [4.69, 9.17) is 4.98 Å². The Kier molecular flexibility index (Phi) is 3.80. The predicted molar refractivity (Wildman–Crippen MR) is 96.5 cm³/mol.